The number of nitrogens with zero attached hydrogens (tertiary/aromatic N) is 1. The molecule has 0 saturated carbocycles. The Morgan fingerprint density at radius 3 is 2.40 bits per heavy atom. The first-order chi connectivity index (χ1) is 9.25. The summed E-state index contributed by atoms with van der Waals surface area (Å²) in [5, 5.41) is 0. The molecule has 3 heteroatoms. The van der Waals surface area contributed by atoms with Crippen LogP contribution < -0.4 is 0 Å². The van der Waals surface area contributed by atoms with Crippen LogP contribution in [0, 0.1) is 0 Å². The van der Waals surface area contributed by atoms with Crippen molar-refractivity contribution in [3.63, 3.8) is 0 Å². The van der Waals surface area contributed by atoms with Gasteiger partial charge in [-0.25, -0.2) is 4.79 Å². The monoisotopic (exact) mass is 275 g/mol. The minimum Gasteiger partial charge on any atom is -0.457 e. The van der Waals surface area contributed by atoms with Gasteiger partial charge >= 0.3 is 5.97 Å². The maximum absolute atomic E-state index is 12.2. The van der Waals surface area contributed by atoms with Crippen LogP contribution in [0.1, 0.15) is 50.9 Å². The summed E-state index contributed by atoms with van der Waals surface area (Å²) in [7, 11) is 2.11. The molecular formula is C17H25NO2. The van der Waals surface area contributed by atoms with E-state index in [1.807, 2.05) is 18.2 Å². The topological polar surface area (TPSA) is 29.5 Å². The minimum absolute atomic E-state index is 0.0757. The number of benzene rings is 1. The van der Waals surface area contributed by atoms with Gasteiger partial charge in [0.05, 0.1) is 11.1 Å². The predicted molar refractivity (Wildman–Crippen MR) is 80.8 cm³/mol. The van der Waals surface area contributed by atoms with Gasteiger partial charge in [0.15, 0.2) is 0 Å². The quantitative estimate of drug-likeness (QED) is 0.774. The van der Waals surface area contributed by atoms with E-state index < -0.39 is 0 Å². The summed E-state index contributed by atoms with van der Waals surface area (Å²) >= 11 is 0. The lowest BCUT2D eigenvalue weighted by molar-refractivity contribution is -0.0975. The van der Waals surface area contributed by atoms with Crippen molar-refractivity contribution in [3.05, 3.63) is 35.9 Å². The zero-order chi connectivity index (χ0) is 15.0. The second-order valence-corrected chi connectivity index (χ2v) is 6.82. The van der Waals surface area contributed by atoms with E-state index in [-0.39, 0.29) is 23.2 Å². The van der Waals surface area contributed by atoms with Crippen LogP contribution in [0.4, 0.5) is 0 Å². The van der Waals surface area contributed by atoms with E-state index in [0.717, 1.165) is 12.8 Å². The first-order valence-electron chi connectivity index (χ1n) is 7.25. The fraction of sp³-hybridized carbons (Fsp3) is 0.588. The van der Waals surface area contributed by atoms with E-state index in [1.165, 1.54) is 0 Å². The van der Waals surface area contributed by atoms with Crippen LogP contribution in [0.5, 0.6) is 0 Å². The van der Waals surface area contributed by atoms with Crippen molar-refractivity contribution in [2.75, 3.05) is 7.05 Å². The second-order valence-electron chi connectivity index (χ2n) is 6.82. The van der Waals surface area contributed by atoms with Crippen molar-refractivity contribution in [3.8, 4) is 0 Å². The van der Waals surface area contributed by atoms with Gasteiger partial charge in [-0.15, -0.1) is 0 Å². The highest BCUT2D eigenvalue weighted by molar-refractivity contribution is 5.89. The molecule has 1 aliphatic heterocycles. The molecule has 1 aromatic carbocycles. The van der Waals surface area contributed by atoms with Crippen LogP contribution in [-0.2, 0) is 4.74 Å². The number of ether oxygens (including phenoxy) is 1. The first kappa shape index (κ1) is 15.0. The van der Waals surface area contributed by atoms with Crippen molar-refractivity contribution in [2.24, 2.45) is 0 Å². The third-order valence-corrected chi connectivity index (χ3v) is 4.84. The number of hydrogen-bond donors (Lipinski definition) is 0. The maximum atomic E-state index is 12.2. The van der Waals surface area contributed by atoms with Gasteiger partial charge in [0, 0.05) is 5.54 Å². The number of likely N-dealkylation sites (tertiary alicyclic amines) is 1. The van der Waals surface area contributed by atoms with Gasteiger partial charge in [-0.2, -0.15) is 0 Å². The van der Waals surface area contributed by atoms with E-state index in [0.29, 0.717) is 5.56 Å². The summed E-state index contributed by atoms with van der Waals surface area (Å²) in [6, 6.07) is 9.21. The molecule has 0 spiro atoms. The smallest absolute Gasteiger partial charge is 0.338 e. The summed E-state index contributed by atoms with van der Waals surface area (Å²) in [4.78, 5) is 14.6. The molecule has 1 unspecified atom stereocenters. The van der Waals surface area contributed by atoms with Crippen molar-refractivity contribution in [1.82, 2.24) is 4.90 Å². The van der Waals surface area contributed by atoms with Gasteiger partial charge < -0.3 is 4.74 Å². The molecule has 1 aromatic rings. The van der Waals surface area contributed by atoms with Crippen molar-refractivity contribution in [2.45, 2.75) is 57.7 Å². The Labute approximate surface area is 121 Å². The lowest BCUT2D eigenvalue weighted by Gasteiger charge is -2.54. The number of esters is 1. The Hall–Kier alpha value is -1.35. The summed E-state index contributed by atoms with van der Waals surface area (Å²) in [6.07, 6.45) is 1.86. The molecule has 1 aliphatic rings. The van der Waals surface area contributed by atoms with E-state index in [2.05, 4.69) is 39.6 Å². The van der Waals surface area contributed by atoms with E-state index in [1.54, 1.807) is 12.1 Å². The Balaban J connectivity index is 2.12. The predicted octanol–water partition coefficient (Wildman–Crippen LogP) is 3.49. The lowest BCUT2D eigenvalue weighted by Crippen LogP contribution is -2.63. The second kappa shape index (κ2) is 5.21. The highest BCUT2D eigenvalue weighted by Gasteiger charge is 2.46. The molecule has 0 aromatic heterocycles. The molecule has 1 atom stereocenters. The largest absolute Gasteiger partial charge is 0.457 e. The van der Waals surface area contributed by atoms with E-state index in [4.69, 9.17) is 4.74 Å². The molecule has 20 heavy (non-hydrogen) atoms. The highest BCUT2D eigenvalue weighted by atomic mass is 16.5. The average Bonchev–Trinajstić information content (AvgIpc) is 2.41. The van der Waals surface area contributed by atoms with Crippen LogP contribution in [-0.4, -0.2) is 35.1 Å². The normalized spacial score (nSPS) is 25.1. The van der Waals surface area contributed by atoms with E-state index >= 15 is 0 Å². The number of likely N-dealkylation sites (N-methyl/N-ethyl adjacent to an activating group) is 1. The van der Waals surface area contributed by atoms with Crippen LogP contribution in [0.3, 0.4) is 0 Å². The van der Waals surface area contributed by atoms with Crippen LogP contribution in [0.15, 0.2) is 30.3 Å². The summed E-state index contributed by atoms with van der Waals surface area (Å²) in [5.74, 6) is -0.225. The fourth-order valence-electron chi connectivity index (χ4n) is 2.98. The number of hydrogen-bond acceptors (Lipinski definition) is 3. The molecule has 0 N–H and O–H groups in total. The average molecular weight is 275 g/mol. The zero-order valence-electron chi connectivity index (χ0n) is 13.1. The van der Waals surface area contributed by atoms with Gasteiger partial charge in [0.2, 0.25) is 0 Å². The molecule has 1 saturated heterocycles. The van der Waals surface area contributed by atoms with Gasteiger partial charge in [-0.05, 0) is 59.7 Å². The van der Waals surface area contributed by atoms with E-state index in [9.17, 15) is 4.79 Å². The maximum Gasteiger partial charge on any atom is 0.338 e. The molecule has 3 nitrogen and oxygen atoms in total. The standard InChI is InChI=1S/C17H25NO2/c1-16(2)12-11-14(17(3,4)18(16)5)20-15(19)13-9-7-6-8-10-13/h6-10,14H,11-12H2,1-5H3. The fourth-order valence-corrected chi connectivity index (χ4v) is 2.98. The van der Waals surface area contributed by atoms with Gasteiger partial charge in [-0.1, -0.05) is 18.2 Å². The Morgan fingerprint density at radius 1 is 1.20 bits per heavy atom. The number of piperidine rings is 1. The van der Waals surface area contributed by atoms with Crippen LogP contribution in [0.2, 0.25) is 0 Å². The molecule has 0 amide bonds. The number of rotatable bonds is 2. The van der Waals surface area contributed by atoms with Gasteiger partial charge in [0.25, 0.3) is 0 Å². The summed E-state index contributed by atoms with van der Waals surface area (Å²) in [5.41, 5.74) is 0.599. The zero-order valence-corrected chi connectivity index (χ0v) is 13.1. The molecule has 1 fully saturated rings. The van der Waals surface area contributed by atoms with Crippen LogP contribution in [0.25, 0.3) is 0 Å². The van der Waals surface area contributed by atoms with Gasteiger partial charge in [0.1, 0.15) is 6.10 Å². The van der Waals surface area contributed by atoms with Crippen LogP contribution >= 0.6 is 0 Å². The molecule has 2 rings (SSSR count). The lowest BCUT2D eigenvalue weighted by atomic mass is 9.78. The SMILES string of the molecule is CN1C(C)(C)CCC(OC(=O)c2ccccc2)C1(C)C. The molecule has 0 aliphatic carbocycles. The highest BCUT2D eigenvalue weighted by Crippen LogP contribution is 2.38. The molecule has 110 valence electrons. The Morgan fingerprint density at radius 2 is 1.80 bits per heavy atom. The molecule has 0 bridgehead atoms. The van der Waals surface area contributed by atoms with Gasteiger partial charge in [-0.3, -0.25) is 4.90 Å². The third-order valence-electron chi connectivity index (χ3n) is 4.84. The van der Waals surface area contributed by atoms with Crippen molar-refractivity contribution >= 4 is 5.97 Å². The third kappa shape index (κ3) is 2.73. The molecule has 0 radical (unpaired) electrons. The van der Waals surface area contributed by atoms with Crippen molar-refractivity contribution < 1.29 is 9.53 Å². The number of carbonyl (C=O) groups excluding carboxylic acids is 1. The van der Waals surface area contributed by atoms with Crippen molar-refractivity contribution in [1.29, 1.82) is 0 Å². The first-order valence-corrected chi connectivity index (χ1v) is 7.25. The number of carbonyl (C=O) groups is 1. The summed E-state index contributed by atoms with van der Waals surface area (Å²) in [6.45, 7) is 8.78. The molecule has 1 heterocycles. The summed E-state index contributed by atoms with van der Waals surface area (Å²) < 4.78 is 5.78. The Bertz CT molecular complexity index is 479. The molecular weight excluding hydrogens is 250 g/mol. The Kier molecular flexibility index (Phi) is 3.92. The minimum atomic E-state index is -0.225.